The second-order valence-electron chi connectivity index (χ2n) is 6.33. The number of hydrogen-bond donors (Lipinski definition) is 3. The molecule has 0 aliphatic rings. The molecule has 1 atom stereocenters. The Labute approximate surface area is 174 Å². The van der Waals surface area contributed by atoms with Gasteiger partial charge in [0.05, 0.1) is 12.1 Å². The van der Waals surface area contributed by atoms with Crippen molar-refractivity contribution in [2.45, 2.75) is 18.8 Å². The van der Waals surface area contributed by atoms with Gasteiger partial charge in [0, 0.05) is 15.4 Å². The number of aliphatic hydroxyl groups is 1. The van der Waals surface area contributed by atoms with Gasteiger partial charge in [0.2, 0.25) is 0 Å². The molecule has 156 valence electrons. The largest absolute Gasteiger partial charge is 0.416 e. The summed E-state index contributed by atoms with van der Waals surface area (Å²) in [6.45, 7) is 0.0748. The summed E-state index contributed by atoms with van der Waals surface area (Å²) >= 11 is 1.29. The molecule has 3 aromatic rings. The third-order valence-electron chi connectivity index (χ3n) is 4.17. The molecule has 0 fully saturated rings. The molecule has 0 radical (unpaired) electrons. The van der Waals surface area contributed by atoms with Crippen LogP contribution in [-0.2, 0) is 22.3 Å². The number of carbonyl (C=O) groups excluding carboxylic acids is 2. The van der Waals surface area contributed by atoms with Crippen LogP contribution in [0.25, 0.3) is 0 Å². The van der Waals surface area contributed by atoms with E-state index in [1.54, 1.807) is 24.3 Å². The fraction of sp³-hybridized carbons (Fsp3) is 0.143. The smallest absolute Gasteiger partial charge is 0.383 e. The van der Waals surface area contributed by atoms with Crippen LogP contribution in [0.4, 0.5) is 18.9 Å². The van der Waals surface area contributed by atoms with Gasteiger partial charge in [-0.25, -0.2) is 0 Å². The highest BCUT2D eigenvalue weighted by Crippen LogP contribution is 2.30. The number of anilines is 1. The molecule has 1 aromatic heterocycles. The van der Waals surface area contributed by atoms with Gasteiger partial charge in [-0.15, -0.1) is 11.3 Å². The first-order valence-electron chi connectivity index (χ1n) is 8.82. The van der Waals surface area contributed by atoms with Crippen molar-refractivity contribution in [1.29, 1.82) is 0 Å². The first-order chi connectivity index (χ1) is 14.2. The molecule has 3 rings (SSSR count). The monoisotopic (exact) mass is 434 g/mol. The third-order valence-corrected chi connectivity index (χ3v) is 5.30. The number of alkyl halides is 3. The Balaban J connectivity index is 1.53. The van der Waals surface area contributed by atoms with Crippen LogP contribution < -0.4 is 10.6 Å². The predicted octanol–water partition coefficient (Wildman–Crippen LogP) is 4.10. The van der Waals surface area contributed by atoms with Crippen molar-refractivity contribution >= 4 is 28.8 Å². The maximum atomic E-state index is 12.6. The Kier molecular flexibility index (Phi) is 6.53. The summed E-state index contributed by atoms with van der Waals surface area (Å²) in [6, 6.07) is 16.4. The summed E-state index contributed by atoms with van der Waals surface area (Å²) < 4.78 is 37.7. The van der Waals surface area contributed by atoms with E-state index < -0.39 is 29.7 Å². The molecule has 0 aliphatic heterocycles. The zero-order valence-corrected chi connectivity index (χ0v) is 16.3. The predicted molar refractivity (Wildman–Crippen MR) is 107 cm³/mol. The van der Waals surface area contributed by atoms with Crippen molar-refractivity contribution in [3.8, 4) is 0 Å². The molecule has 30 heavy (non-hydrogen) atoms. The van der Waals surface area contributed by atoms with Crippen LogP contribution in [0.15, 0.2) is 66.7 Å². The molecule has 0 aliphatic carbocycles. The molecule has 2 amide bonds. The van der Waals surface area contributed by atoms with E-state index in [1.807, 2.05) is 18.2 Å². The lowest BCUT2D eigenvalue weighted by Crippen LogP contribution is -2.34. The average molecular weight is 434 g/mol. The van der Waals surface area contributed by atoms with Gasteiger partial charge in [-0.2, -0.15) is 13.2 Å². The van der Waals surface area contributed by atoms with E-state index in [0.29, 0.717) is 4.88 Å². The maximum absolute atomic E-state index is 12.6. The highest BCUT2D eigenvalue weighted by atomic mass is 32.1. The van der Waals surface area contributed by atoms with Gasteiger partial charge in [-0.1, -0.05) is 30.3 Å². The van der Waals surface area contributed by atoms with Crippen molar-refractivity contribution in [2.24, 2.45) is 0 Å². The number of nitrogens with one attached hydrogen (secondary N) is 2. The zero-order valence-electron chi connectivity index (χ0n) is 15.4. The molecular formula is C21H17F3N2O3S. The molecule has 0 unspecified atom stereocenters. The van der Waals surface area contributed by atoms with Crippen molar-refractivity contribution in [3.05, 3.63) is 87.6 Å². The number of rotatable bonds is 5. The molecule has 0 saturated carbocycles. The first kappa shape index (κ1) is 21.5. The maximum Gasteiger partial charge on any atom is 0.416 e. The Bertz CT molecular complexity index is 1020. The third kappa shape index (κ3) is 5.46. The Morgan fingerprint density at radius 3 is 2.23 bits per heavy atom. The van der Waals surface area contributed by atoms with Crippen LogP contribution in [0.2, 0.25) is 0 Å². The number of amides is 2. The number of carbonyl (C=O) groups is 2. The van der Waals surface area contributed by atoms with E-state index in [9.17, 15) is 27.9 Å². The van der Waals surface area contributed by atoms with Crippen LogP contribution in [0.3, 0.4) is 0 Å². The van der Waals surface area contributed by atoms with Crippen LogP contribution in [0.1, 0.15) is 27.0 Å². The molecule has 0 spiro atoms. The minimum Gasteiger partial charge on any atom is -0.383 e. The fourth-order valence-corrected chi connectivity index (χ4v) is 3.58. The molecule has 5 nitrogen and oxygen atoms in total. The lowest BCUT2D eigenvalue weighted by atomic mass is 10.1. The first-order valence-corrected chi connectivity index (χ1v) is 9.64. The summed E-state index contributed by atoms with van der Waals surface area (Å²) in [5.74, 6) is -1.91. The molecule has 1 heterocycles. The van der Waals surface area contributed by atoms with Crippen molar-refractivity contribution in [3.63, 3.8) is 0 Å². The summed E-state index contributed by atoms with van der Waals surface area (Å²) in [7, 11) is 0. The number of hydrogen-bond acceptors (Lipinski definition) is 4. The topological polar surface area (TPSA) is 78.4 Å². The summed E-state index contributed by atoms with van der Waals surface area (Å²) in [6.07, 6.45) is -5.27. The fourth-order valence-electron chi connectivity index (χ4n) is 2.61. The summed E-state index contributed by atoms with van der Waals surface area (Å²) in [5.41, 5.74) is -0.0328. The molecule has 2 aromatic carbocycles. The SMILES string of the molecule is O=C(NCc1ccc([C@H](O)c2ccccc2)s1)C(=O)Nc1ccc(C(F)(F)F)cc1. The Hall–Kier alpha value is -3.17. The van der Waals surface area contributed by atoms with Gasteiger partial charge in [0.25, 0.3) is 0 Å². The van der Waals surface area contributed by atoms with Gasteiger partial charge in [-0.05, 0) is 42.0 Å². The number of aliphatic hydroxyl groups excluding tert-OH is 1. The second-order valence-corrected chi connectivity index (χ2v) is 7.53. The van der Waals surface area contributed by atoms with E-state index >= 15 is 0 Å². The van der Waals surface area contributed by atoms with Crippen molar-refractivity contribution in [1.82, 2.24) is 5.32 Å². The molecule has 3 N–H and O–H groups in total. The lowest BCUT2D eigenvalue weighted by molar-refractivity contribution is -0.137. The highest BCUT2D eigenvalue weighted by molar-refractivity contribution is 7.12. The minimum atomic E-state index is -4.48. The number of halogens is 3. The zero-order chi connectivity index (χ0) is 21.7. The van der Waals surface area contributed by atoms with Crippen LogP contribution in [0.5, 0.6) is 0 Å². The van der Waals surface area contributed by atoms with Gasteiger partial charge in [0.15, 0.2) is 0 Å². The van der Waals surface area contributed by atoms with Crippen molar-refractivity contribution < 1.29 is 27.9 Å². The quantitative estimate of drug-likeness (QED) is 0.529. The van der Waals surface area contributed by atoms with E-state index in [-0.39, 0.29) is 12.2 Å². The van der Waals surface area contributed by atoms with E-state index in [2.05, 4.69) is 10.6 Å². The number of benzene rings is 2. The molecular weight excluding hydrogens is 417 g/mol. The second kappa shape index (κ2) is 9.10. The number of thiophene rings is 1. The van der Waals surface area contributed by atoms with Crippen LogP contribution in [-0.4, -0.2) is 16.9 Å². The van der Waals surface area contributed by atoms with Gasteiger partial charge in [-0.3, -0.25) is 9.59 Å². The van der Waals surface area contributed by atoms with Gasteiger partial charge < -0.3 is 15.7 Å². The highest BCUT2D eigenvalue weighted by Gasteiger charge is 2.30. The molecule has 0 saturated heterocycles. The molecule has 0 bridgehead atoms. The van der Waals surface area contributed by atoms with E-state index in [1.165, 1.54) is 11.3 Å². The Morgan fingerprint density at radius 2 is 1.60 bits per heavy atom. The van der Waals surface area contributed by atoms with Crippen molar-refractivity contribution in [2.75, 3.05) is 5.32 Å². The average Bonchev–Trinajstić information content (AvgIpc) is 3.21. The normalized spacial score (nSPS) is 12.3. The Morgan fingerprint density at radius 1 is 0.933 bits per heavy atom. The summed E-state index contributed by atoms with van der Waals surface area (Å²) in [4.78, 5) is 25.3. The lowest BCUT2D eigenvalue weighted by Gasteiger charge is -2.09. The standard InChI is InChI=1S/C21H17F3N2O3S/c22-21(23,24)14-6-8-15(9-7-14)26-20(29)19(28)25-12-16-10-11-17(30-16)18(27)13-4-2-1-3-5-13/h1-11,18,27H,12H2,(H,25,28)(H,26,29)/t18-/m1/s1. The molecule has 9 heteroatoms. The van der Waals surface area contributed by atoms with Gasteiger partial charge >= 0.3 is 18.0 Å². The van der Waals surface area contributed by atoms with E-state index in [4.69, 9.17) is 0 Å². The van der Waals surface area contributed by atoms with E-state index in [0.717, 1.165) is 34.7 Å². The van der Waals surface area contributed by atoms with Crippen LogP contribution in [0, 0.1) is 0 Å². The minimum absolute atomic E-state index is 0.0748. The summed E-state index contributed by atoms with van der Waals surface area (Å²) in [5, 5.41) is 15.1. The van der Waals surface area contributed by atoms with Crippen LogP contribution >= 0.6 is 11.3 Å². The van der Waals surface area contributed by atoms with Gasteiger partial charge in [0.1, 0.15) is 6.10 Å².